The van der Waals surface area contributed by atoms with Crippen molar-refractivity contribution in [3.8, 4) is 0 Å². The van der Waals surface area contributed by atoms with E-state index >= 15 is 0 Å². The first-order valence-electron chi connectivity index (χ1n) is 14.1. The van der Waals surface area contributed by atoms with Crippen LogP contribution >= 0.6 is 0 Å². The molecule has 0 heterocycles. The number of benzene rings is 1. The molecule has 0 amide bonds. The molecule has 1 fully saturated rings. The Kier molecular flexibility index (Phi) is 10.9. The van der Waals surface area contributed by atoms with E-state index in [1.54, 1.807) is 0 Å². The minimum Gasteiger partial charge on any atom is -0.386 e. The molecule has 0 aliphatic heterocycles. The van der Waals surface area contributed by atoms with E-state index in [-0.39, 0.29) is 5.92 Å². The monoisotopic (exact) mass is 488 g/mol. The molecule has 2 aliphatic rings. The number of aryl methyl sites for hydroxylation is 1. The molecule has 1 aromatic rings. The summed E-state index contributed by atoms with van der Waals surface area (Å²) in [6.07, 6.45) is 16.8. The highest BCUT2D eigenvalue weighted by Gasteiger charge is 2.27. The Labute approximate surface area is 220 Å². The zero-order valence-electron chi connectivity index (χ0n) is 23.0. The molecule has 2 aliphatic carbocycles. The standard InChI is InChI=1S/C32H48N4/c1-6-22-36(23-21-26(5)34-28-14-10-9-11-15-28)32(33)30-16-12-13-25(4)31(30)24-35(8-3)29-19-17-27(7-2)18-20-29/h8,12-13,17-20,28,30,33-34H,3,5-7,9-11,14-16,21-24H2,1-2,4H3. The van der Waals surface area contributed by atoms with Gasteiger partial charge < -0.3 is 15.1 Å². The van der Waals surface area contributed by atoms with Crippen LogP contribution in [0.15, 0.2) is 72.6 Å². The molecule has 1 aromatic carbocycles. The zero-order valence-corrected chi connectivity index (χ0v) is 23.0. The van der Waals surface area contributed by atoms with Crippen LogP contribution in [0.2, 0.25) is 0 Å². The van der Waals surface area contributed by atoms with Crippen molar-refractivity contribution < 1.29 is 0 Å². The molecule has 1 atom stereocenters. The molecule has 4 heteroatoms. The van der Waals surface area contributed by atoms with Crippen LogP contribution in [-0.2, 0) is 6.42 Å². The minimum absolute atomic E-state index is 0.0958. The van der Waals surface area contributed by atoms with Gasteiger partial charge in [0.2, 0.25) is 0 Å². The lowest BCUT2D eigenvalue weighted by Crippen LogP contribution is -2.40. The van der Waals surface area contributed by atoms with Gasteiger partial charge in [0.15, 0.2) is 0 Å². The van der Waals surface area contributed by atoms with Crippen LogP contribution in [0, 0.1) is 11.3 Å². The van der Waals surface area contributed by atoms with Crippen molar-refractivity contribution in [3.63, 3.8) is 0 Å². The molecule has 2 N–H and O–H groups in total. The first-order valence-corrected chi connectivity index (χ1v) is 14.1. The van der Waals surface area contributed by atoms with Gasteiger partial charge in [0.25, 0.3) is 0 Å². The number of hydrogen-bond acceptors (Lipinski definition) is 3. The van der Waals surface area contributed by atoms with Crippen molar-refractivity contribution in [1.29, 1.82) is 5.41 Å². The van der Waals surface area contributed by atoms with E-state index in [0.717, 1.165) is 62.5 Å². The number of rotatable bonds is 13. The summed E-state index contributed by atoms with van der Waals surface area (Å²) in [4.78, 5) is 4.51. The van der Waals surface area contributed by atoms with E-state index in [4.69, 9.17) is 0 Å². The fourth-order valence-corrected chi connectivity index (χ4v) is 5.51. The highest BCUT2D eigenvalue weighted by Crippen LogP contribution is 2.30. The maximum Gasteiger partial charge on any atom is 0.103 e. The average molecular weight is 489 g/mol. The van der Waals surface area contributed by atoms with E-state index in [2.05, 4.69) is 85.5 Å². The number of hydrogen-bond donors (Lipinski definition) is 2. The average Bonchev–Trinajstić information content (AvgIpc) is 2.90. The first kappa shape index (κ1) is 27.8. The van der Waals surface area contributed by atoms with Gasteiger partial charge in [0, 0.05) is 49.4 Å². The Morgan fingerprint density at radius 1 is 1.11 bits per heavy atom. The lowest BCUT2D eigenvalue weighted by atomic mass is 9.85. The molecule has 0 radical (unpaired) electrons. The molecule has 0 saturated heterocycles. The molecule has 0 aromatic heterocycles. The van der Waals surface area contributed by atoms with Crippen molar-refractivity contribution in [2.75, 3.05) is 24.5 Å². The first-order chi connectivity index (χ1) is 17.5. The molecule has 196 valence electrons. The van der Waals surface area contributed by atoms with Gasteiger partial charge >= 0.3 is 0 Å². The fourth-order valence-electron chi connectivity index (χ4n) is 5.51. The van der Waals surface area contributed by atoms with Crippen LogP contribution in [0.25, 0.3) is 0 Å². The predicted octanol–water partition coefficient (Wildman–Crippen LogP) is 7.61. The van der Waals surface area contributed by atoms with Crippen LogP contribution in [0.4, 0.5) is 5.69 Å². The largest absolute Gasteiger partial charge is 0.386 e. The number of amidine groups is 1. The fraction of sp³-hybridized carbons (Fsp3) is 0.531. The zero-order chi connectivity index (χ0) is 25.9. The summed E-state index contributed by atoms with van der Waals surface area (Å²) in [6, 6.07) is 9.35. The Morgan fingerprint density at radius 3 is 2.47 bits per heavy atom. The summed E-state index contributed by atoms with van der Waals surface area (Å²) in [5, 5.41) is 13.0. The Hall–Kier alpha value is -2.75. The topological polar surface area (TPSA) is 42.4 Å². The molecule has 1 saturated carbocycles. The number of nitrogens with zero attached hydrogens (tertiary/aromatic N) is 2. The van der Waals surface area contributed by atoms with E-state index in [9.17, 15) is 5.41 Å². The number of nitrogens with one attached hydrogen (secondary N) is 2. The van der Waals surface area contributed by atoms with Crippen molar-refractivity contribution in [2.45, 2.75) is 84.6 Å². The van der Waals surface area contributed by atoms with Gasteiger partial charge in [0.1, 0.15) is 5.84 Å². The summed E-state index contributed by atoms with van der Waals surface area (Å²) in [5.41, 5.74) is 6.21. The van der Waals surface area contributed by atoms with Gasteiger partial charge in [-0.25, -0.2) is 0 Å². The van der Waals surface area contributed by atoms with Crippen molar-refractivity contribution in [3.05, 3.63) is 78.2 Å². The second kappa shape index (κ2) is 14.1. The Morgan fingerprint density at radius 2 is 1.83 bits per heavy atom. The Balaban J connectivity index is 1.68. The summed E-state index contributed by atoms with van der Waals surface area (Å²) in [6.45, 7) is 17.5. The molecule has 1 unspecified atom stereocenters. The molecular formula is C32H48N4. The van der Waals surface area contributed by atoms with Crippen LogP contribution < -0.4 is 10.2 Å². The quantitative estimate of drug-likeness (QED) is 0.222. The van der Waals surface area contributed by atoms with E-state index in [1.165, 1.54) is 48.8 Å². The van der Waals surface area contributed by atoms with Gasteiger partial charge in [0.05, 0.1) is 0 Å². The predicted molar refractivity (Wildman–Crippen MR) is 157 cm³/mol. The van der Waals surface area contributed by atoms with E-state index in [1.807, 2.05) is 6.20 Å². The van der Waals surface area contributed by atoms with E-state index in [0.29, 0.717) is 6.04 Å². The molecular weight excluding hydrogens is 440 g/mol. The number of allylic oxidation sites excluding steroid dienone is 3. The molecule has 0 bridgehead atoms. The third-order valence-electron chi connectivity index (χ3n) is 7.77. The van der Waals surface area contributed by atoms with Crippen molar-refractivity contribution in [1.82, 2.24) is 10.2 Å². The van der Waals surface area contributed by atoms with E-state index < -0.39 is 0 Å². The van der Waals surface area contributed by atoms with Crippen LogP contribution in [0.1, 0.15) is 77.7 Å². The lowest BCUT2D eigenvalue weighted by molar-refractivity contribution is 0.371. The maximum absolute atomic E-state index is 9.28. The molecule has 4 nitrogen and oxygen atoms in total. The highest BCUT2D eigenvalue weighted by atomic mass is 15.2. The van der Waals surface area contributed by atoms with Crippen LogP contribution in [0.5, 0.6) is 0 Å². The second-order valence-electron chi connectivity index (χ2n) is 10.4. The van der Waals surface area contributed by atoms with Gasteiger partial charge in [-0.05, 0) is 74.1 Å². The van der Waals surface area contributed by atoms with Gasteiger partial charge in [-0.3, -0.25) is 5.41 Å². The van der Waals surface area contributed by atoms with Crippen LogP contribution in [-0.4, -0.2) is 36.4 Å². The summed E-state index contributed by atoms with van der Waals surface area (Å²) in [5.74, 6) is 0.838. The third kappa shape index (κ3) is 7.62. The van der Waals surface area contributed by atoms with Gasteiger partial charge in [-0.1, -0.05) is 70.6 Å². The minimum atomic E-state index is 0.0958. The number of anilines is 1. The SMILES string of the molecule is C=CN(CC1=C(C)C=CCC1C(=N)N(CCC)CCC(=C)NC1CCCCC1)c1ccc(CC)cc1. The van der Waals surface area contributed by atoms with Crippen molar-refractivity contribution in [2.24, 2.45) is 5.92 Å². The lowest BCUT2D eigenvalue weighted by Gasteiger charge is -2.35. The highest BCUT2D eigenvalue weighted by molar-refractivity contribution is 5.85. The smallest absolute Gasteiger partial charge is 0.103 e. The van der Waals surface area contributed by atoms with Gasteiger partial charge in [-0.2, -0.15) is 0 Å². The molecule has 0 spiro atoms. The Bertz CT molecular complexity index is 933. The summed E-state index contributed by atoms with van der Waals surface area (Å²) in [7, 11) is 0. The maximum atomic E-state index is 9.28. The molecule has 36 heavy (non-hydrogen) atoms. The van der Waals surface area contributed by atoms with Crippen LogP contribution in [0.3, 0.4) is 0 Å². The normalized spacial score (nSPS) is 18.1. The summed E-state index contributed by atoms with van der Waals surface area (Å²) < 4.78 is 0. The second-order valence-corrected chi connectivity index (χ2v) is 10.4. The summed E-state index contributed by atoms with van der Waals surface area (Å²) >= 11 is 0. The van der Waals surface area contributed by atoms with Gasteiger partial charge in [-0.15, -0.1) is 0 Å². The third-order valence-corrected chi connectivity index (χ3v) is 7.77. The molecule has 3 rings (SSSR count). The van der Waals surface area contributed by atoms with Crippen molar-refractivity contribution >= 4 is 11.5 Å².